The predicted molar refractivity (Wildman–Crippen MR) is 78.0 cm³/mol. The number of hydrogen-bond acceptors (Lipinski definition) is 3. The van der Waals surface area contributed by atoms with Gasteiger partial charge in [0.15, 0.2) is 0 Å². The molecule has 0 heterocycles. The van der Waals surface area contributed by atoms with E-state index in [0.29, 0.717) is 25.0 Å². The van der Waals surface area contributed by atoms with Gasteiger partial charge >= 0.3 is 5.97 Å². The number of rotatable bonds is 5. The van der Waals surface area contributed by atoms with E-state index in [1.54, 1.807) is 19.2 Å². The van der Waals surface area contributed by atoms with Crippen molar-refractivity contribution in [3.05, 3.63) is 35.4 Å². The first kappa shape index (κ1) is 15.5. The molecular weight excluding hydrogens is 270 g/mol. The van der Waals surface area contributed by atoms with Crippen molar-refractivity contribution >= 4 is 11.9 Å². The summed E-state index contributed by atoms with van der Waals surface area (Å²) in [6.45, 7) is 0.529. The first-order chi connectivity index (χ1) is 10.1. The number of carboxylic acids is 1. The van der Waals surface area contributed by atoms with Gasteiger partial charge in [0.25, 0.3) is 5.91 Å². The van der Waals surface area contributed by atoms with Crippen molar-refractivity contribution < 1.29 is 19.4 Å². The molecule has 114 valence electrons. The van der Waals surface area contributed by atoms with E-state index >= 15 is 0 Å². The largest absolute Gasteiger partial charge is 0.481 e. The Morgan fingerprint density at radius 1 is 1.19 bits per heavy atom. The Hall–Kier alpha value is -1.88. The van der Waals surface area contributed by atoms with Crippen molar-refractivity contribution in [3.8, 4) is 0 Å². The molecule has 1 aromatic rings. The maximum Gasteiger partial charge on any atom is 0.306 e. The van der Waals surface area contributed by atoms with Crippen LogP contribution in [0.15, 0.2) is 24.3 Å². The van der Waals surface area contributed by atoms with E-state index in [4.69, 9.17) is 9.84 Å². The number of ether oxygens (including phenoxy) is 1. The standard InChI is InChI=1S/C16H21NO4/c1-21-10-11-2-4-12(5-3-11)15(18)17-14-8-6-13(7-9-14)16(19)20/h2-5,13-14H,6-10H2,1H3,(H,17,18)(H,19,20). The molecule has 1 amide bonds. The molecule has 0 saturated heterocycles. The number of hydrogen-bond donors (Lipinski definition) is 2. The van der Waals surface area contributed by atoms with E-state index in [1.807, 2.05) is 12.1 Å². The number of carbonyl (C=O) groups is 2. The van der Waals surface area contributed by atoms with E-state index in [1.165, 1.54) is 0 Å². The monoisotopic (exact) mass is 291 g/mol. The molecule has 0 spiro atoms. The summed E-state index contributed by atoms with van der Waals surface area (Å²) in [6, 6.07) is 7.39. The number of nitrogens with one attached hydrogen (secondary N) is 1. The van der Waals surface area contributed by atoms with Gasteiger partial charge in [0.05, 0.1) is 12.5 Å². The van der Waals surface area contributed by atoms with E-state index in [0.717, 1.165) is 18.4 Å². The third-order valence-corrected chi connectivity index (χ3v) is 3.94. The van der Waals surface area contributed by atoms with Crippen molar-refractivity contribution in [1.29, 1.82) is 0 Å². The molecule has 0 bridgehead atoms. The smallest absolute Gasteiger partial charge is 0.306 e. The lowest BCUT2D eigenvalue weighted by Crippen LogP contribution is -2.38. The summed E-state index contributed by atoms with van der Waals surface area (Å²) in [5.74, 6) is -1.09. The fraction of sp³-hybridized carbons (Fsp3) is 0.500. The minimum absolute atomic E-state index is 0.0757. The first-order valence-corrected chi connectivity index (χ1v) is 7.21. The topological polar surface area (TPSA) is 75.6 Å². The first-order valence-electron chi connectivity index (χ1n) is 7.21. The maximum absolute atomic E-state index is 12.1. The lowest BCUT2D eigenvalue weighted by molar-refractivity contribution is -0.142. The zero-order valence-corrected chi connectivity index (χ0v) is 12.2. The summed E-state index contributed by atoms with van der Waals surface area (Å²) in [5.41, 5.74) is 1.64. The van der Waals surface area contributed by atoms with Gasteiger partial charge in [-0.3, -0.25) is 9.59 Å². The third-order valence-electron chi connectivity index (χ3n) is 3.94. The molecule has 1 fully saturated rings. The Morgan fingerprint density at radius 3 is 2.33 bits per heavy atom. The van der Waals surface area contributed by atoms with Gasteiger partial charge in [-0.15, -0.1) is 0 Å². The minimum atomic E-state index is -0.728. The number of aliphatic carboxylic acids is 1. The summed E-state index contributed by atoms with van der Waals surface area (Å²) >= 11 is 0. The molecule has 0 unspecified atom stereocenters. The maximum atomic E-state index is 12.1. The molecule has 5 nitrogen and oxygen atoms in total. The lowest BCUT2D eigenvalue weighted by Gasteiger charge is -2.26. The number of carbonyl (C=O) groups excluding carboxylic acids is 1. The number of methoxy groups -OCH3 is 1. The normalized spacial score (nSPS) is 21.8. The van der Waals surface area contributed by atoms with E-state index in [9.17, 15) is 9.59 Å². The lowest BCUT2D eigenvalue weighted by atomic mass is 9.86. The zero-order chi connectivity index (χ0) is 15.2. The van der Waals surface area contributed by atoms with Gasteiger partial charge in [-0.1, -0.05) is 12.1 Å². The molecule has 1 aliphatic rings. The summed E-state index contributed by atoms with van der Waals surface area (Å²) in [5, 5.41) is 11.9. The molecule has 0 radical (unpaired) electrons. The second kappa shape index (κ2) is 7.22. The van der Waals surface area contributed by atoms with E-state index in [-0.39, 0.29) is 17.9 Å². The molecule has 21 heavy (non-hydrogen) atoms. The van der Waals surface area contributed by atoms with Crippen LogP contribution in [0.1, 0.15) is 41.6 Å². The van der Waals surface area contributed by atoms with Crippen molar-refractivity contribution in [3.63, 3.8) is 0 Å². The Labute approximate surface area is 124 Å². The SMILES string of the molecule is COCc1ccc(C(=O)NC2CCC(C(=O)O)CC2)cc1. The van der Waals surface area contributed by atoms with Crippen LogP contribution in [-0.4, -0.2) is 30.1 Å². The van der Waals surface area contributed by atoms with Crippen LogP contribution in [-0.2, 0) is 16.1 Å². The van der Waals surface area contributed by atoms with Crippen LogP contribution in [0.2, 0.25) is 0 Å². The van der Waals surface area contributed by atoms with Gasteiger partial charge in [0.2, 0.25) is 0 Å². The van der Waals surface area contributed by atoms with Gasteiger partial charge < -0.3 is 15.2 Å². The molecule has 2 N–H and O–H groups in total. The van der Waals surface area contributed by atoms with Gasteiger partial charge in [-0.25, -0.2) is 0 Å². The van der Waals surface area contributed by atoms with Crippen LogP contribution in [0, 0.1) is 5.92 Å². The number of carboxylic acid groups (broad SMARTS) is 1. The highest BCUT2D eigenvalue weighted by molar-refractivity contribution is 5.94. The molecule has 0 aromatic heterocycles. The van der Waals surface area contributed by atoms with E-state index < -0.39 is 5.97 Å². The molecule has 0 atom stereocenters. The van der Waals surface area contributed by atoms with Crippen molar-refractivity contribution in [2.75, 3.05) is 7.11 Å². The van der Waals surface area contributed by atoms with E-state index in [2.05, 4.69) is 5.32 Å². The second-order valence-electron chi connectivity index (χ2n) is 5.49. The van der Waals surface area contributed by atoms with Gasteiger partial charge in [0, 0.05) is 18.7 Å². The van der Waals surface area contributed by atoms with Crippen molar-refractivity contribution in [2.24, 2.45) is 5.92 Å². The molecule has 0 aliphatic heterocycles. The summed E-state index contributed by atoms with van der Waals surface area (Å²) < 4.78 is 5.03. The molecule has 1 aliphatic carbocycles. The number of benzene rings is 1. The highest BCUT2D eigenvalue weighted by atomic mass is 16.5. The molecular formula is C16H21NO4. The summed E-state index contributed by atoms with van der Waals surface area (Å²) in [6.07, 6.45) is 2.72. The quantitative estimate of drug-likeness (QED) is 0.872. The van der Waals surface area contributed by atoms with Crippen LogP contribution < -0.4 is 5.32 Å². The molecule has 5 heteroatoms. The fourth-order valence-corrected chi connectivity index (χ4v) is 2.67. The van der Waals surface area contributed by atoms with Crippen molar-refractivity contribution in [2.45, 2.75) is 38.3 Å². The van der Waals surface area contributed by atoms with Crippen LogP contribution in [0.3, 0.4) is 0 Å². The highest BCUT2D eigenvalue weighted by Crippen LogP contribution is 2.24. The molecule has 2 rings (SSSR count). The summed E-state index contributed by atoms with van der Waals surface area (Å²) in [7, 11) is 1.63. The Bertz CT molecular complexity index is 490. The number of amides is 1. The Morgan fingerprint density at radius 2 is 1.81 bits per heavy atom. The summed E-state index contributed by atoms with van der Waals surface area (Å²) in [4.78, 5) is 23.0. The second-order valence-corrected chi connectivity index (χ2v) is 5.49. The Balaban J connectivity index is 1.86. The van der Waals surface area contributed by atoms with Crippen LogP contribution >= 0.6 is 0 Å². The average molecular weight is 291 g/mol. The predicted octanol–water partition coefficient (Wildman–Crippen LogP) is 2.21. The average Bonchev–Trinajstić information content (AvgIpc) is 2.49. The van der Waals surface area contributed by atoms with Crippen LogP contribution in [0.25, 0.3) is 0 Å². The molecule has 1 aromatic carbocycles. The zero-order valence-electron chi connectivity index (χ0n) is 12.2. The van der Waals surface area contributed by atoms with Crippen LogP contribution in [0.5, 0.6) is 0 Å². The van der Waals surface area contributed by atoms with Crippen molar-refractivity contribution in [1.82, 2.24) is 5.32 Å². The third kappa shape index (κ3) is 4.29. The minimum Gasteiger partial charge on any atom is -0.481 e. The van der Waals surface area contributed by atoms with Crippen LogP contribution in [0.4, 0.5) is 0 Å². The molecule has 1 saturated carbocycles. The highest BCUT2D eigenvalue weighted by Gasteiger charge is 2.26. The Kier molecular flexibility index (Phi) is 5.33. The van der Waals surface area contributed by atoms with Gasteiger partial charge in [-0.05, 0) is 43.4 Å². The van der Waals surface area contributed by atoms with Gasteiger partial charge in [-0.2, -0.15) is 0 Å². The van der Waals surface area contributed by atoms with Gasteiger partial charge in [0.1, 0.15) is 0 Å². The fourth-order valence-electron chi connectivity index (χ4n) is 2.67.